The van der Waals surface area contributed by atoms with Gasteiger partial charge < -0.3 is 19.8 Å². The summed E-state index contributed by atoms with van der Waals surface area (Å²) < 4.78 is 32.9. The molecule has 0 aromatic carbocycles. The molecule has 1 aromatic heterocycles. The molecule has 0 radical (unpaired) electrons. The van der Waals surface area contributed by atoms with Gasteiger partial charge in [0, 0.05) is 24.7 Å². The molecular formula is C12H17F2N3O4. The number of alkyl halides is 2. The van der Waals surface area contributed by atoms with Gasteiger partial charge in [0.05, 0.1) is 20.0 Å². The monoisotopic (exact) mass is 305 g/mol. The number of carbonyl (C=O) groups excluding carboxylic acids is 2. The number of methoxy groups -OCH3 is 1. The van der Waals surface area contributed by atoms with Gasteiger partial charge in [-0.05, 0) is 0 Å². The highest BCUT2D eigenvalue weighted by atomic mass is 19.3. The number of nitrogens with one attached hydrogen (secondary N) is 2. The molecule has 118 valence electrons. The molecule has 2 N–H and O–H groups in total. The van der Waals surface area contributed by atoms with E-state index in [-0.39, 0.29) is 19.4 Å². The Bertz CT molecular complexity index is 440. The van der Waals surface area contributed by atoms with Crippen molar-refractivity contribution >= 4 is 11.9 Å². The maximum absolute atomic E-state index is 11.8. The first-order valence-electron chi connectivity index (χ1n) is 6.23. The molecule has 0 fully saturated rings. The second-order valence-electron chi connectivity index (χ2n) is 4.14. The fourth-order valence-electron chi connectivity index (χ4n) is 1.56. The molecule has 0 aliphatic carbocycles. The van der Waals surface area contributed by atoms with Crippen LogP contribution in [0.1, 0.15) is 12.1 Å². The van der Waals surface area contributed by atoms with E-state index in [1.807, 2.05) is 0 Å². The number of ether oxygens (including phenoxy) is 2. The van der Waals surface area contributed by atoms with Crippen molar-refractivity contribution in [2.24, 2.45) is 0 Å². The standard InChI is InChI=1S/C12H17F2N3O4/c1-20-12(19)9(4-8-5-15-7-16-8)17-11(18)2-3-21-6-10(13)14/h5,7,9-10H,2-4,6H2,1H3,(H,15,16)(H,17,18)/t9-/m0/s1. The van der Waals surface area contributed by atoms with Crippen LogP contribution in [0, 0.1) is 0 Å². The van der Waals surface area contributed by atoms with E-state index in [1.165, 1.54) is 19.6 Å². The van der Waals surface area contributed by atoms with Crippen LogP contribution in [0.5, 0.6) is 0 Å². The lowest BCUT2D eigenvalue weighted by Gasteiger charge is -2.15. The van der Waals surface area contributed by atoms with Crippen LogP contribution in [0.25, 0.3) is 0 Å². The maximum atomic E-state index is 11.8. The fraction of sp³-hybridized carbons (Fsp3) is 0.583. The molecule has 0 spiro atoms. The van der Waals surface area contributed by atoms with E-state index >= 15 is 0 Å². The number of carbonyl (C=O) groups is 2. The molecule has 21 heavy (non-hydrogen) atoms. The number of amides is 1. The number of halogens is 2. The summed E-state index contributed by atoms with van der Waals surface area (Å²) in [6, 6.07) is -0.877. The number of esters is 1. The molecule has 1 heterocycles. The molecule has 7 nitrogen and oxygen atoms in total. The average molecular weight is 305 g/mol. The number of H-pyrrole nitrogens is 1. The maximum Gasteiger partial charge on any atom is 0.328 e. The highest BCUT2D eigenvalue weighted by Crippen LogP contribution is 2.01. The van der Waals surface area contributed by atoms with Gasteiger partial charge in [0.15, 0.2) is 0 Å². The summed E-state index contributed by atoms with van der Waals surface area (Å²) in [5.41, 5.74) is 0.652. The Morgan fingerprint density at radius 2 is 2.24 bits per heavy atom. The molecule has 1 aromatic rings. The van der Waals surface area contributed by atoms with Crippen molar-refractivity contribution in [1.29, 1.82) is 0 Å². The number of nitrogens with zero attached hydrogens (tertiary/aromatic N) is 1. The molecular weight excluding hydrogens is 288 g/mol. The third-order valence-corrected chi connectivity index (χ3v) is 2.52. The van der Waals surface area contributed by atoms with Gasteiger partial charge in [-0.1, -0.05) is 0 Å². The third-order valence-electron chi connectivity index (χ3n) is 2.52. The van der Waals surface area contributed by atoms with Crippen molar-refractivity contribution in [2.45, 2.75) is 25.3 Å². The summed E-state index contributed by atoms with van der Waals surface area (Å²) in [6.07, 6.45) is 0.466. The first-order chi connectivity index (χ1) is 10.0. The summed E-state index contributed by atoms with van der Waals surface area (Å²) in [5.74, 6) is -1.09. The van der Waals surface area contributed by atoms with Gasteiger partial charge >= 0.3 is 5.97 Å². The predicted molar refractivity (Wildman–Crippen MR) is 67.7 cm³/mol. The number of hydrogen-bond donors (Lipinski definition) is 2. The molecule has 0 saturated heterocycles. The summed E-state index contributed by atoms with van der Waals surface area (Å²) in [5, 5.41) is 2.47. The first-order valence-corrected chi connectivity index (χ1v) is 6.23. The van der Waals surface area contributed by atoms with Crippen LogP contribution >= 0.6 is 0 Å². The van der Waals surface area contributed by atoms with Crippen LogP contribution < -0.4 is 5.32 Å². The Balaban J connectivity index is 2.41. The Hall–Kier alpha value is -2.03. The van der Waals surface area contributed by atoms with Gasteiger partial charge in [0.2, 0.25) is 5.91 Å². The largest absolute Gasteiger partial charge is 0.467 e. The number of imidazole rings is 1. The molecule has 0 aliphatic heterocycles. The molecule has 9 heteroatoms. The van der Waals surface area contributed by atoms with E-state index in [2.05, 4.69) is 24.8 Å². The van der Waals surface area contributed by atoms with Crippen molar-refractivity contribution in [2.75, 3.05) is 20.3 Å². The SMILES string of the molecule is COC(=O)[C@H](Cc1cnc[nH]1)NC(=O)CCOCC(F)F. The van der Waals surface area contributed by atoms with E-state index in [4.69, 9.17) is 0 Å². The van der Waals surface area contributed by atoms with Gasteiger partial charge in [0.1, 0.15) is 12.6 Å². The van der Waals surface area contributed by atoms with Crippen LogP contribution in [-0.4, -0.2) is 54.6 Å². The van der Waals surface area contributed by atoms with E-state index in [1.54, 1.807) is 0 Å². The number of aromatic amines is 1. The molecule has 0 aliphatic rings. The van der Waals surface area contributed by atoms with E-state index in [9.17, 15) is 18.4 Å². The van der Waals surface area contributed by atoms with Crippen molar-refractivity contribution in [3.63, 3.8) is 0 Å². The van der Waals surface area contributed by atoms with E-state index in [0.29, 0.717) is 5.69 Å². The van der Waals surface area contributed by atoms with Gasteiger partial charge in [-0.15, -0.1) is 0 Å². The lowest BCUT2D eigenvalue weighted by molar-refractivity contribution is -0.145. The zero-order chi connectivity index (χ0) is 15.7. The molecule has 0 bridgehead atoms. The minimum absolute atomic E-state index is 0.122. The normalized spacial score (nSPS) is 12.2. The zero-order valence-electron chi connectivity index (χ0n) is 11.5. The van der Waals surface area contributed by atoms with Crippen molar-refractivity contribution in [3.8, 4) is 0 Å². The quantitative estimate of drug-likeness (QED) is 0.505. The van der Waals surface area contributed by atoms with Crippen molar-refractivity contribution in [3.05, 3.63) is 18.2 Å². The summed E-state index contributed by atoms with van der Waals surface area (Å²) in [7, 11) is 1.21. The Morgan fingerprint density at radius 1 is 1.48 bits per heavy atom. The highest BCUT2D eigenvalue weighted by molar-refractivity contribution is 5.84. The smallest absolute Gasteiger partial charge is 0.328 e. The average Bonchev–Trinajstić information content (AvgIpc) is 2.94. The molecule has 1 amide bonds. The Kier molecular flexibility index (Phi) is 7.30. The zero-order valence-corrected chi connectivity index (χ0v) is 11.5. The van der Waals surface area contributed by atoms with Gasteiger partial charge in [-0.2, -0.15) is 0 Å². The van der Waals surface area contributed by atoms with Crippen LogP contribution in [0.2, 0.25) is 0 Å². The van der Waals surface area contributed by atoms with Crippen LogP contribution in [0.15, 0.2) is 12.5 Å². The van der Waals surface area contributed by atoms with Crippen LogP contribution in [0.3, 0.4) is 0 Å². The minimum atomic E-state index is -2.57. The minimum Gasteiger partial charge on any atom is -0.467 e. The predicted octanol–water partition coefficient (Wildman–Crippen LogP) is 0.282. The lowest BCUT2D eigenvalue weighted by Crippen LogP contribution is -2.43. The number of hydrogen-bond acceptors (Lipinski definition) is 5. The molecule has 0 saturated carbocycles. The second kappa shape index (κ2) is 9.01. The van der Waals surface area contributed by atoms with E-state index in [0.717, 1.165) is 0 Å². The summed E-state index contributed by atoms with van der Waals surface area (Å²) in [4.78, 5) is 29.8. The fourth-order valence-corrected chi connectivity index (χ4v) is 1.56. The van der Waals surface area contributed by atoms with Crippen LogP contribution in [-0.2, 0) is 25.5 Å². The van der Waals surface area contributed by atoms with Crippen molar-refractivity contribution in [1.82, 2.24) is 15.3 Å². The van der Waals surface area contributed by atoms with Gasteiger partial charge in [0.25, 0.3) is 6.43 Å². The Labute approximate surface area is 120 Å². The lowest BCUT2D eigenvalue weighted by atomic mass is 10.1. The van der Waals surface area contributed by atoms with Gasteiger partial charge in [-0.3, -0.25) is 4.79 Å². The number of aromatic nitrogens is 2. The van der Waals surface area contributed by atoms with Crippen molar-refractivity contribution < 1.29 is 27.8 Å². The highest BCUT2D eigenvalue weighted by Gasteiger charge is 2.22. The summed E-state index contributed by atoms with van der Waals surface area (Å²) >= 11 is 0. The second-order valence-corrected chi connectivity index (χ2v) is 4.14. The molecule has 1 atom stereocenters. The topological polar surface area (TPSA) is 93.3 Å². The van der Waals surface area contributed by atoms with Gasteiger partial charge in [-0.25, -0.2) is 18.6 Å². The van der Waals surface area contributed by atoms with Crippen LogP contribution in [0.4, 0.5) is 8.78 Å². The van der Waals surface area contributed by atoms with E-state index < -0.39 is 31.0 Å². The third kappa shape index (κ3) is 6.80. The number of rotatable bonds is 9. The summed E-state index contributed by atoms with van der Waals surface area (Å²) in [6.45, 7) is -0.865. The Morgan fingerprint density at radius 3 is 2.81 bits per heavy atom. The molecule has 1 rings (SSSR count). The molecule has 0 unspecified atom stereocenters. The first kappa shape index (κ1) is 17.0.